The first-order chi connectivity index (χ1) is 11.3. The van der Waals surface area contributed by atoms with E-state index in [0.29, 0.717) is 17.0 Å². The fraction of sp³-hybridized carbons (Fsp3) is 0.312. The minimum absolute atomic E-state index is 0.00509. The molecule has 2 rings (SSSR count). The highest BCUT2D eigenvalue weighted by Crippen LogP contribution is 2.17. The predicted molar refractivity (Wildman–Crippen MR) is 83.2 cm³/mol. The normalized spacial score (nSPS) is 10.8. The van der Waals surface area contributed by atoms with E-state index in [1.54, 1.807) is 26.0 Å². The second kappa shape index (κ2) is 7.20. The molecule has 1 N–H and O–H groups in total. The van der Waals surface area contributed by atoms with E-state index in [0.717, 1.165) is 0 Å². The summed E-state index contributed by atoms with van der Waals surface area (Å²) in [6.07, 6.45) is 0. The molecule has 0 radical (unpaired) electrons. The first-order valence-electron chi connectivity index (χ1n) is 7.14. The number of nitrogens with one attached hydrogen (secondary N) is 1. The molecule has 0 spiro atoms. The Morgan fingerprint density at radius 1 is 1.38 bits per heavy atom. The van der Waals surface area contributed by atoms with Gasteiger partial charge in [0.2, 0.25) is 0 Å². The van der Waals surface area contributed by atoms with Crippen LogP contribution < -0.4 is 10.3 Å². The van der Waals surface area contributed by atoms with Gasteiger partial charge in [-0.25, -0.2) is 4.98 Å². The Labute approximate surface area is 137 Å². The molecular formula is C16H17F2N3O3. The molecule has 1 amide bonds. The summed E-state index contributed by atoms with van der Waals surface area (Å²) < 4.78 is 28.8. The highest BCUT2D eigenvalue weighted by molar-refractivity contribution is 5.91. The van der Waals surface area contributed by atoms with Gasteiger partial charge in [0.15, 0.2) is 5.69 Å². The summed E-state index contributed by atoms with van der Waals surface area (Å²) in [6, 6.07) is 6.02. The molecule has 24 heavy (non-hydrogen) atoms. The minimum Gasteiger partial charge on any atom is -0.435 e. The van der Waals surface area contributed by atoms with Crippen LogP contribution in [0.2, 0.25) is 0 Å². The quantitative estimate of drug-likeness (QED) is 0.908. The molecule has 1 aromatic heterocycles. The lowest BCUT2D eigenvalue weighted by atomic mass is 10.2. The standard InChI is InChI=1S/C16H17F2N3O3/c1-9-10(2)20-14(22)13(19-9)15(23)21(3)8-11-5-4-6-12(7-11)24-16(17)18/h4-7,16H,8H2,1-3H3,(H,20,22). The zero-order valence-corrected chi connectivity index (χ0v) is 13.5. The molecule has 1 aromatic carbocycles. The van der Waals surface area contributed by atoms with E-state index < -0.39 is 18.1 Å². The summed E-state index contributed by atoms with van der Waals surface area (Å²) in [7, 11) is 1.50. The number of aromatic amines is 1. The molecule has 6 nitrogen and oxygen atoms in total. The average molecular weight is 337 g/mol. The molecule has 0 aliphatic rings. The van der Waals surface area contributed by atoms with Crippen LogP contribution in [0, 0.1) is 13.8 Å². The van der Waals surface area contributed by atoms with Gasteiger partial charge >= 0.3 is 6.61 Å². The fourth-order valence-electron chi connectivity index (χ4n) is 2.11. The SMILES string of the molecule is Cc1nc(C(=O)N(C)Cc2cccc(OC(F)F)c2)c(=O)[nH]c1C. The van der Waals surface area contributed by atoms with Gasteiger partial charge in [-0.2, -0.15) is 8.78 Å². The van der Waals surface area contributed by atoms with Crippen LogP contribution in [0.1, 0.15) is 27.4 Å². The highest BCUT2D eigenvalue weighted by atomic mass is 19.3. The number of aryl methyl sites for hydroxylation is 2. The Morgan fingerprint density at radius 2 is 2.08 bits per heavy atom. The van der Waals surface area contributed by atoms with Crippen LogP contribution in [0.15, 0.2) is 29.1 Å². The van der Waals surface area contributed by atoms with Crippen molar-refractivity contribution in [1.29, 1.82) is 0 Å². The Kier molecular flexibility index (Phi) is 5.28. The molecule has 0 atom stereocenters. The van der Waals surface area contributed by atoms with Gasteiger partial charge < -0.3 is 14.6 Å². The fourth-order valence-corrected chi connectivity index (χ4v) is 2.11. The number of alkyl halides is 2. The van der Waals surface area contributed by atoms with Gasteiger partial charge in [-0.15, -0.1) is 0 Å². The summed E-state index contributed by atoms with van der Waals surface area (Å²) in [5.74, 6) is -0.551. The molecule has 0 saturated heterocycles. The molecule has 1 heterocycles. The van der Waals surface area contributed by atoms with Gasteiger partial charge in [0.25, 0.3) is 11.5 Å². The van der Waals surface area contributed by atoms with Crippen molar-refractivity contribution >= 4 is 5.91 Å². The topological polar surface area (TPSA) is 75.3 Å². The lowest BCUT2D eigenvalue weighted by Gasteiger charge is -2.17. The Morgan fingerprint density at radius 3 is 2.75 bits per heavy atom. The number of carbonyl (C=O) groups excluding carboxylic acids is 1. The van der Waals surface area contributed by atoms with Crippen LogP contribution in [-0.4, -0.2) is 34.4 Å². The molecule has 0 unspecified atom stereocenters. The van der Waals surface area contributed by atoms with Crippen molar-refractivity contribution in [2.24, 2.45) is 0 Å². The molecule has 0 aliphatic heterocycles. The molecular weight excluding hydrogens is 320 g/mol. The van der Waals surface area contributed by atoms with Crippen molar-refractivity contribution in [3.8, 4) is 5.75 Å². The number of hydrogen-bond acceptors (Lipinski definition) is 4. The van der Waals surface area contributed by atoms with Crippen LogP contribution in [0.5, 0.6) is 5.75 Å². The van der Waals surface area contributed by atoms with Crippen LogP contribution >= 0.6 is 0 Å². The average Bonchev–Trinajstić information content (AvgIpc) is 2.50. The van der Waals surface area contributed by atoms with E-state index in [1.165, 1.54) is 24.1 Å². The van der Waals surface area contributed by atoms with Gasteiger partial charge in [-0.1, -0.05) is 12.1 Å². The summed E-state index contributed by atoms with van der Waals surface area (Å²) >= 11 is 0. The second-order valence-electron chi connectivity index (χ2n) is 5.31. The predicted octanol–water partition coefficient (Wildman–Crippen LogP) is 2.26. The third-order valence-electron chi connectivity index (χ3n) is 3.43. The first kappa shape index (κ1) is 17.6. The lowest BCUT2D eigenvalue weighted by Crippen LogP contribution is -2.33. The summed E-state index contributed by atoms with van der Waals surface area (Å²) in [6.45, 7) is 0.578. The van der Waals surface area contributed by atoms with Crippen molar-refractivity contribution < 1.29 is 18.3 Å². The van der Waals surface area contributed by atoms with Crippen molar-refractivity contribution in [3.05, 3.63) is 57.3 Å². The number of amides is 1. The van der Waals surface area contributed by atoms with E-state index >= 15 is 0 Å². The Bertz CT molecular complexity index is 805. The van der Waals surface area contributed by atoms with Gasteiger partial charge in [0, 0.05) is 19.3 Å². The lowest BCUT2D eigenvalue weighted by molar-refractivity contribution is -0.0499. The zero-order chi connectivity index (χ0) is 17.9. The molecule has 8 heteroatoms. The number of carbonyl (C=O) groups is 1. The van der Waals surface area contributed by atoms with Crippen molar-refractivity contribution in [2.75, 3.05) is 7.05 Å². The van der Waals surface area contributed by atoms with Crippen molar-refractivity contribution in [1.82, 2.24) is 14.9 Å². The smallest absolute Gasteiger partial charge is 0.387 e. The van der Waals surface area contributed by atoms with Gasteiger partial charge in [0.05, 0.1) is 5.69 Å². The van der Waals surface area contributed by atoms with E-state index in [9.17, 15) is 18.4 Å². The summed E-state index contributed by atoms with van der Waals surface area (Å²) in [4.78, 5) is 32.2. The Balaban J connectivity index is 2.18. The maximum absolute atomic E-state index is 12.4. The van der Waals surface area contributed by atoms with E-state index in [1.807, 2.05) is 0 Å². The van der Waals surface area contributed by atoms with E-state index in [4.69, 9.17) is 0 Å². The number of ether oxygens (including phenoxy) is 1. The van der Waals surface area contributed by atoms with Gasteiger partial charge in [-0.05, 0) is 31.5 Å². The van der Waals surface area contributed by atoms with Crippen molar-refractivity contribution in [2.45, 2.75) is 27.0 Å². The van der Waals surface area contributed by atoms with Crippen LogP contribution in [-0.2, 0) is 6.54 Å². The van der Waals surface area contributed by atoms with Crippen LogP contribution in [0.3, 0.4) is 0 Å². The largest absolute Gasteiger partial charge is 0.435 e. The van der Waals surface area contributed by atoms with E-state index in [-0.39, 0.29) is 18.0 Å². The first-order valence-corrected chi connectivity index (χ1v) is 7.14. The highest BCUT2D eigenvalue weighted by Gasteiger charge is 2.19. The zero-order valence-electron chi connectivity index (χ0n) is 13.5. The Hall–Kier alpha value is -2.77. The maximum Gasteiger partial charge on any atom is 0.387 e. The maximum atomic E-state index is 12.4. The number of nitrogens with zero attached hydrogens (tertiary/aromatic N) is 2. The van der Waals surface area contributed by atoms with E-state index in [2.05, 4.69) is 14.7 Å². The van der Waals surface area contributed by atoms with Crippen LogP contribution in [0.4, 0.5) is 8.78 Å². The molecule has 0 saturated carbocycles. The number of rotatable bonds is 5. The van der Waals surface area contributed by atoms with Crippen molar-refractivity contribution in [3.63, 3.8) is 0 Å². The second-order valence-corrected chi connectivity index (χ2v) is 5.31. The molecule has 2 aromatic rings. The molecule has 0 fully saturated rings. The molecule has 128 valence electrons. The number of aromatic nitrogens is 2. The number of halogens is 2. The summed E-state index contributed by atoms with van der Waals surface area (Å²) in [5.41, 5.74) is 0.962. The third kappa shape index (κ3) is 4.15. The number of H-pyrrole nitrogens is 1. The number of benzene rings is 1. The molecule has 0 bridgehead atoms. The minimum atomic E-state index is -2.92. The summed E-state index contributed by atoms with van der Waals surface area (Å²) in [5, 5.41) is 0. The van der Waals surface area contributed by atoms with Gasteiger partial charge in [-0.3, -0.25) is 9.59 Å². The third-order valence-corrected chi connectivity index (χ3v) is 3.43. The van der Waals surface area contributed by atoms with Crippen LogP contribution in [0.25, 0.3) is 0 Å². The van der Waals surface area contributed by atoms with Gasteiger partial charge in [0.1, 0.15) is 5.75 Å². The number of hydrogen-bond donors (Lipinski definition) is 1. The monoisotopic (exact) mass is 337 g/mol. The molecule has 0 aliphatic carbocycles.